The first kappa shape index (κ1) is 24.8. The van der Waals surface area contributed by atoms with Crippen LogP contribution < -0.4 is 4.90 Å². The number of carbonyl (C=O) groups is 2. The van der Waals surface area contributed by atoms with E-state index in [1.807, 2.05) is 0 Å². The molecule has 2 aromatic heterocycles. The second-order valence-electron chi connectivity index (χ2n) is 12.8. The lowest BCUT2D eigenvalue weighted by molar-refractivity contribution is 0.0184. The molecule has 1 saturated heterocycles. The summed E-state index contributed by atoms with van der Waals surface area (Å²) in [4.78, 5) is 32.1. The van der Waals surface area contributed by atoms with E-state index in [9.17, 15) is 19.1 Å². The number of thiazole rings is 1. The molecular formula is C30H32FN3O5S. The van der Waals surface area contributed by atoms with E-state index in [-0.39, 0.29) is 52.0 Å². The Kier molecular flexibility index (Phi) is 5.41. The van der Waals surface area contributed by atoms with E-state index in [2.05, 4.69) is 15.0 Å². The quantitative estimate of drug-likeness (QED) is 0.345. The minimum absolute atomic E-state index is 0.0328. The smallest absolute Gasteiger partial charge is 0.344 e. The highest BCUT2D eigenvalue weighted by atomic mass is 32.1. The van der Waals surface area contributed by atoms with Crippen LogP contribution in [0.25, 0.3) is 10.2 Å². The summed E-state index contributed by atoms with van der Waals surface area (Å²) >= 11 is 1.32. The first-order valence-corrected chi connectivity index (χ1v) is 15.4. The summed E-state index contributed by atoms with van der Waals surface area (Å²) in [6, 6.07) is 1.66. The predicted octanol–water partition coefficient (Wildman–Crippen LogP) is 6.35. The van der Waals surface area contributed by atoms with Gasteiger partial charge in [0.25, 0.3) is 0 Å². The molecule has 0 spiro atoms. The van der Waals surface area contributed by atoms with Gasteiger partial charge in [-0.1, -0.05) is 16.5 Å². The van der Waals surface area contributed by atoms with Crippen LogP contribution in [0.5, 0.6) is 0 Å². The fourth-order valence-electron chi connectivity index (χ4n) is 8.03. The van der Waals surface area contributed by atoms with Gasteiger partial charge in [0.15, 0.2) is 16.7 Å². The number of carboxylic acids is 1. The number of aromatic nitrogens is 2. The van der Waals surface area contributed by atoms with Crippen LogP contribution in [0.2, 0.25) is 0 Å². The summed E-state index contributed by atoms with van der Waals surface area (Å²) in [5, 5.41) is 14.7. The van der Waals surface area contributed by atoms with Gasteiger partial charge in [-0.3, -0.25) is 0 Å². The molecule has 0 amide bonds. The molecule has 210 valence electrons. The van der Waals surface area contributed by atoms with Crippen LogP contribution in [0, 0.1) is 24.6 Å². The molecule has 0 unspecified atom stereocenters. The lowest BCUT2D eigenvalue weighted by atomic mass is 9.59. The lowest BCUT2D eigenvalue weighted by Gasteiger charge is -2.45. The van der Waals surface area contributed by atoms with E-state index in [0.717, 1.165) is 55.9 Å². The molecule has 1 aliphatic heterocycles. The first-order chi connectivity index (χ1) is 19.3. The number of nitrogens with zero attached hydrogens (tertiary/aromatic N) is 3. The van der Waals surface area contributed by atoms with Gasteiger partial charge in [-0.25, -0.2) is 19.0 Å². The highest BCUT2D eigenvalue weighted by Crippen LogP contribution is 2.54. The zero-order chi connectivity index (χ0) is 27.3. The second-order valence-corrected chi connectivity index (χ2v) is 13.8. The van der Waals surface area contributed by atoms with Crippen LogP contribution in [-0.4, -0.2) is 45.9 Å². The van der Waals surface area contributed by atoms with Crippen LogP contribution in [0.4, 0.5) is 9.52 Å². The number of benzene rings is 1. The molecule has 6 fully saturated rings. The number of fused-ring (bicyclic) bond motifs is 6. The largest absolute Gasteiger partial charge is 0.478 e. The van der Waals surface area contributed by atoms with Gasteiger partial charge in [0.05, 0.1) is 10.3 Å². The zero-order valence-electron chi connectivity index (χ0n) is 22.5. The lowest BCUT2D eigenvalue weighted by Crippen LogP contribution is -2.41. The molecular weight excluding hydrogens is 533 g/mol. The molecule has 0 radical (unpaired) electrons. The molecule has 3 heterocycles. The van der Waals surface area contributed by atoms with Crippen molar-refractivity contribution in [3.8, 4) is 0 Å². The number of ether oxygens (including phenoxy) is 1. The van der Waals surface area contributed by atoms with E-state index in [0.29, 0.717) is 28.4 Å². The summed E-state index contributed by atoms with van der Waals surface area (Å²) in [5.74, 6) is 0.00493. The number of rotatable bonds is 6. The van der Waals surface area contributed by atoms with Gasteiger partial charge in [0, 0.05) is 41.8 Å². The Labute approximate surface area is 234 Å². The van der Waals surface area contributed by atoms with Gasteiger partial charge in [-0.05, 0) is 76.7 Å². The van der Waals surface area contributed by atoms with Crippen molar-refractivity contribution in [3.05, 3.63) is 40.0 Å². The third-order valence-electron chi connectivity index (χ3n) is 10.5. The molecule has 4 bridgehead atoms. The molecule has 8 nitrogen and oxygen atoms in total. The van der Waals surface area contributed by atoms with Gasteiger partial charge < -0.3 is 19.3 Å². The number of carbonyl (C=O) groups excluding carboxylic acids is 1. The van der Waals surface area contributed by atoms with Crippen molar-refractivity contribution in [1.29, 1.82) is 0 Å². The van der Waals surface area contributed by atoms with Crippen molar-refractivity contribution in [2.75, 3.05) is 11.4 Å². The van der Waals surface area contributed by atoms with Crippen molar-refractivity contribution in [2.45, 2.75) is 94.6 Å². The Morgan fingerprint density at radius 1 is 1.18 bits per heavy atom. The third-order valence-corrected chi connectivity index (χ3v) is 11.6. The topological polar surface area (TPSA) is 106 Å². The molecule has 40 heavy (non-hydrogen) atoms. The normalized spacial score (nSPS) is 30.9. The number of hydrogen-bond acceptors (Lipinski definition) is 8. The number of hydrogen-bond donors (Lipinski definition) is 1. The van der Waals surface area contributed by atoms with E-state index in [1.165, 1.54) is 43.6 Å². The van der Waals surface area contributed by atoms with Crippen molar-refractivity contribution < 1.29 is 28.3 Å². The van der Waals surface area contributed by atoms with E-state index in [1.54, 1.807) is 0 Å². The number of carboxylic acid groups (broad SMARTS) is 1. The van der Waals surface area contributed by atoms with Crippen molar-refractivity contribution >= 4 is 38.6 Å². The molecule has 3 aromatic rings. The van der Waals surface area contributed by atoms with Crippen LogP contribution in [0.3, 0.4) is 0 Å². The average Bonchev–Trinajstić information content (AvgIpc) is 3.30. The Bertz CT molecular complexity index is 1540. The number of piperidine rings is 1. The third kappa shape index (κ3) is 3.67. The fourth-order valence-corrected chi connectivity index (χ4v) is 9.11. The van der Waals surface area contributed by atoms with Crippen molar-refractivity contribution in [3.63, 3.8) is 0 Å². The van der Waals surface area contributed by atoms with E-state index < -0.39 is 11.8 Å². The highest BCUT2D eigenvalue weighted by molar-refractivity contribution is 7.22. The van der Waals surface area contributed by atoms with Gasteiger partial charge in [-0.15, -0.1) is 0 Å². The summed E-state index contributed by atoms with van der Waals surface area (Å²) < 4.78 is 27.6. The summed E-state index contributed by atoms with van der Waals surface area (Å²) in [6.07, 6.45) is 10.3. The van der Waals surface area contributed by atoms with Crippen LogP contribution in [0.1, 0.15) is 108 Å². The van der Waals surface area contributed by atoms with Crippen molar-refractivity contribution in [1.82, 2.24) is 10.1 Å². The number of halogens is 1. The molecule has 3 atom stereocenters. The maximum Gasteiger partial charge on any atom is 0.344 e. The standard InChI is InChI=1S/C30H32FN3O5S/c1-14-19(27(35)36)12-21-24(23(14)31)32-29(40-21)34-13-17-10-18(34)11-20(17)38-28(37)22-25(16-2-3-16)39-33-26(22)30-7-4-15(5-8-30)6-9-30/h12,15-18,20H,2-11,13H2,1H3,(H,35,36)/t15?,17-,18-,20+,30?/m0/s1. The van der Waals surface area contributed by atoms with Crippen LogP contribution in [0.15, 0.2) is 10.6 Å². The van der Waals surface area contributed by atoms with Gasteiger partial charge in [0.1, 0.15) is 22.9 Å². The average molecular weight is 566 g/mol. The van der Waals surface area contributed by atoms with Crippen molar-refractivity contribution in [2.24, 2.45) is 11.8 Å². The Morgan fingerprint density at radius 2 is 1.93 bits per heavy atom. The molecule has 6 aliphatic rings. The summed E-state index contributed by atoms with van der Waals surface area (Å²) in [5.41, 5.74) is 1.72. The van der Waals surface area contributed by atoms with Gasteiger partial charge >= 0.3 is 11.9 Å². The molecule has 5 saturated carbocycles. The SMILES string of the molecule is Cc1c(C(=O)O)cc2sc(N3C[C@@H]4C[C@H]3C[C@H]4OC(=O)c3c(C45CCC(CC4)CC5)noc3C3CC3)nc2c1F. The predicted molar refractivity (Wildman–Crippen MR) is 146 cm³/mol. The Hall–Kier alpha value is -3.01. The maximum atomic E-state index is 15.0. The minimum atomic E-state index is -1.14. The fraction of sp³-hybridized carbons (Fsp3) is 0.600. The van der Waals surface area contributed by atoms with Gasteiger partial charge in [-0.2, -0.15) is 0 Å². The van der Waals surface area contributed by atoms with Crippen LogP contribution in [-0.2, 0) is 10.2 Å². The second kappa shape index (κ2) is 8.74. The molecule has 10 heteroatoms. The monoisotopic (exact) mass is 565 g/mol. The molecule has 1 aromatic carbocycles. The molecule has 5 aliphatic carbocycles. The number of aromatic carboxylic acids is 1. The van der Waals surface area contributed by atoms with E-state index in [4.69, 9.17) is 9.26 Å². The van der Waals surface area contributed by atoms with Gasteiger partial charge in [0.2, 0.25) is 0 Å². The minimum Gasteiger partial charge on any atom is -0.478 e. The zero-order valence-corrected chi connectivity index (χ0v) is 23.3. The Morgan fingerprint density at radius 3 is 2.58 bits per heavy atom. The molecule has 9 rings (SSSR count). The summed E-state index contributed by atoms with van der Waals surface area (Å²) in [6.45, 7) is 2.15. The molecule has 1 N–H and O–H groups in total. The summed E-state index contributed by atoms with van der Waals surface area (Å²) in [7, 11) is 0. The Balaban J connectivity index is 1.02. The van der Waals surface area contributed by atoms with E-state index >= 15 is 0 Å². The van der Waals surface area contributed by atoms with Crippen LogP contribution >= 0.6 is 11.3 Å². The first-order valence-electron chi connectivity index (χ1n) is 14.6. The highest BCUT2D eigenvalue weighted by Gasteiger charge is 2.51. The maximum absolute atomic E-state index is 15.0. The number of esters is 1. The number of anilines is 1.